The van der Waals surface area contributed by atoms with Gasteiger partial charge in [0, 0.05) is 37.7 Å². The zero-order chi connectivity index (χ0) is 15.4. The van der Waals surface area contributed by atoms with Crippen LogP contribution in [-0.2, 0) is 4.79 Å². The van der Waals surface area contributed by atoms with E-state index in [-0.39, 0.29) is 17.8 Å². The first-order chi connectivity index (χ1) is 10.0. The molecule has 4 nitrogen and oxygen atoms in total. The maximum atomic E-state index is 14.2. The summed E-state index contributed by atoms with van der Waals surface area (Å²) in [6, 6.07) is 4.78. The molecular formula is C16H23FN2O2. The molecule has 0 saturated carbocycles. The lowest BCUT2D eigenvalue weighted by atomic mass is 10.1. The van der Waals surface area contributed by atoms with E-state index in [1.54, 1.807) is 24.1 Å². The van der Waals surface area contributed by atoms with Crippen LogP contribution in [0.2, 0.25) is 0 Å². The van der Waals surface area contributed by atoms with Crippen LogP contribution in [0.5, 0.6) is 5.75 Å². The predicted octanol–water partition coefficient (Wildman–Crippen LogP) is 2.50. The number of benzene rings is 1. The highest BCUT2D eigenvalue weighted by atomic mass is 19.1. The fourth-order valence-corrected chi connectivity index (χ4v) is 2.47. The van der Waals surface area contributed by atoms with Crippen molar-refractivity contribution >= 4 is 5.91 Å². The van der Waals surface area contributed by atoms with E-state index in [0.29, 0.717) is 24.3 Å². The molecule has 21 heavy (non-hydrogen) atoms. The lowest BCUT2D eigenvalue weighted by Gasteiger charge is -2.17. The van der Waals surface area contributed by atoms with Gasteiger partial charge in [-0.1, -0.05) is 13.0 Å². The molecule has 2 unspecified atom stereocenters. The molecule has 1 aliphatic rings. The fraction of sp³-hybridized carbons (Fsp3) is 0.562. The summed E-state index contributed by atoms with van der Waals surface area (Å²) < 4.78 is 19.8. The lowest BCUT2D eigenvalue weighted by molar-refractivity contribution is -0.132. The Labute approximate surface area is 125 Å². The monoisotopic (exact) mass is 294 g/mol. The maximum absolute atomic E-state index is 14.2. The van der Waals surface area contributed by atoms with Crippen LogP contribution < -0.4 is 10.1 Å². The van der Waals surface area contributed by atoms with E-state index >= 15 is 0 Å². The van der Waals surface area contributed by atoms with Crippen molar-refractivity contribution < 1.29 is 13.9 Å². The molecular weight excluding hydrogens is 271 g/mol. The number of likely N-dealkylation sites (N-methyl/N-ethyl adjacent to an activating group) is 1. The number of hydrogen-bond acceptors (Lipinski definition) is 3. The van der Waals surface area contributed by atoms with Gasteiger partial charge >= 0.3 is 0 Å². The minimum Gasteiger partial charge on any atom is -0.480 e. The van der Waals surface area contributed by atoms with Crippen LogP contribution in [-0.4, -0.2) is 37.0 Å². The molecule has 1 saturated heterocycles. The average Bonchev–Trinajstić information content (AvgIpc) is 2.77. The first kappa shape index (κ1) is 15.8. The quantitative estimate of drug-likeness (QED) is 0.876. The highest BCUT2D eigenvalue weighted by Crippen LogP contribution is 2.24. The second-order valence-corrected chi connectivity index (χ2v) is 5.51. The van der Waals surface area contributed by atoms with Crippen molar-refractivity contribution in [2.24, 2.45) is 0 Å². The summed E-state index contributed by atoms with van der Waals surface area (Å²) in [6.07, 6.45) is 1.16. The molecule has 0 radical (unpaired) electrons. The Bertz CT molecular complexity index is 507. The Balaban J connectivity index is 2.03. The van der Waals surface area contributed by atoms with Gasteiger partial charge in [0.05, 0.1) is 0 Å². The second-order valence-electron chi connectivity index (χ2n) is 5.51. The summed E-state index contributed by atoms with van der Waals surface area (Å²) in [6.45, 7) is 5.54. The Morgan fingerprint density at radius 3 is 2.86 bits per heavy atom. The average molecular weight is 294 g/mol. The normalized spacial score (nSPS) is 19.9. The fourth-order valence-electron chi connectivity index (χ4n) is 2.47. The summed E-state index contributed by atoms with van der Waals surface area (Å²) in [4.78, 5) is 13.4. The topological polar surface area (TPSA) is 41.6 Å². The van der Waals surface area contributed by atoms with Gasteiger partial charge in [-0.15, -0.1) is 0 Å². The highest BCUT2D eigenvalue weighted by molar-refractivity contribution is 5.83. The first-order valence-electron chi connectivity index (χ1n) is 7.47. The highest BCUT2D eigenvalue weighted by Gasteiger charge is 2.30. The Morgan fingerprint density at radius 1 is 1.52 bits per heavy atom. The molecule has 1 fully saturated rings. The first-order valence-corrected chi connectivity index (χ1v) is 7.47. The molecule has 0 aromatic heterocycles. The maximum Gasteiger partial charge on any atom is 0.263 e. The number of likely N-dealkylation sites (tertiary alicyclic amines) is 1. The van der Waals surface area contributed by atoms with Crippen molar-refractivity contribution in [2.45, 2.75) is 38.8 Å². The van der Waals surface area contributed by atoms with E-state index in [2.05, 4.69) is 12.2 Å². The number of halogens is 1. The van der Waals surface area contributed by atoms with Gasteiger partial charge in [-0.2, -0.15) is 0 Å². The van der Waals surface area contributed by atoms with Gasteiger partial charge in [-0.05, 0) is 26.0 Å². The van der Waals surface area contributed by atoms with Crippen LogP contribution in [0, 0.1) is 5.82 Å². The van der Waals surface area contributed by atoms with Gasteiger partial charge in [-0.3, -0.25) is 4.79 Å². The summed E-state index contributed by atoms with van der Waals surface area (Å²) in [5.41, 5.74) is 0.616. The molecule has 0 bridgehead atoms. The molecule has 1 N–H and O–H groups in total. The van der Waals surface area contributed by atoms with Crippen molar-refractivity contribution in [1.29, 1.82) is 0 Å². The number of nitrogens with one attached hydrogen (secondary N) is 1. The van der Waals surface area contributed by atoms with Crippen LogP contribution >= 0.6 is 0 Å². The van der Waals surface area contributed by atoms with Gasteiger partial charge in [0.1, 0.15) is 11.6 Å². The number of carbonyl (C=O) groups excluding carboxylic acids is 1. The van der Waals surface area contributed by atoms with Gasteiger partial charge < -0.3 is 15.0 Å². The number of nitrogens with zero attached hydrogens (tertiary/aromatic N) is 1. The molecule has 2 rings (SSSR count). The SMILES string of the molecule is CCCNC(C)c1ccc(OC2CCN(C)C2=O)cc1F. The number of rotatable bonds is 6. The molecule has 2 atom stereocenters. The molecule has 116 valence electrons. The second kappa shape index (κ2) is 6.89. The lowest BCUT2D eigenvalue weighted by Crippen LogP contribution is -2.29. The van der Waals surface area contributed by atoms with Crippen molar-refractivity contribution in [1.82, 2.24) is 10.2 Å². The molecule has 1 aliphatic heterocycles. The van der Waals surface area contributed by atoms with Crippen molar-refractivity contribution in [2.75, 3.05) is 20.1 Å². The molecule has 1 aromatic rings. The summed E-state index contributed by atoms with van der Waals surface area (Å²) in [5.74, 6) is 0.0625. The third-order valence-corrected chi connectivity index (χ3v) is 3.80. The van der Waals surface area contributed by atoms with Crippen molar-refractivity contribution in [3.8, 4) is 5.75 Å². The van der Waals surface area contributed by atoms with E-state index in [1.807, 2.05) is 6.92 Å². The van der Waals surface area contributed by atoms with Gasteiger partial charge in [0.2, 0.25) is 0 Å². The van der Waals surface area contributed by atoms with E-state index in [1.165, 1.54) is 6.07 Å². The van der Waals surface area contributed by atoms with Crippen LogP contribution in [0.25, 0.3) is 0 Å². The molecule has 5 heteroatoms. The third kappa shape index (κ3) is 3.73. The smallest absolute Gasteiger partial charge is 0.263 e. The molecule has 1 aromatic carbocycles. The van der Waals surface area contributed by atoms with Crippen LogP contribution in [0.3, 0.4) is 0 Å². The Kier molecular flexibility index (Phi) is 5.17. The zero-order valence-corrected chi connectivity index (χ0v) is 12.9. The molecule has 0 spiro atoms. The molecule has 1 heterocycles. The number of hydrogen-bond donors (Lipinski definition) is 1. The predicted molar refractivity (Wildman–Crippen MR) is 79.8 cm³/mol. The number of amides is 1. The summed E-state index contributed by atoms with van der Waals surface area (Å²) in [5, 5.41) is 3.25. The van der Waals surface area contributed by atoms with Crippen LogP contribution in [0.15, 0.2) is 18.2 Å². The van der Waals surface area contributed by atoms with Crippen LogP contribution in [0.4, 0.5) is 4.39 Å². The summed E-state index contributed by atoms with van der Waals surface area (Å²) >= 11 is 0. The number of ether oxygens (including phenoxy) is 1. The van der Waals surface area contributed by atoms with Crippen molar-refractivity contribution in [3.63, 3.8) is 0 Å². The minimum absolute atomic E-state index is 0.0433. The molecule has 1 amide bonds. The number of carbonyl (C=O) groups is 1. The van der Waals surface area contributed by atoms with Gasteiger partial charge in [-0.25, -0.2) is 4.39 Å². The van der Waals surface area contributed by atoms with E-state index in [4.69, 9.17) is 4.74 Å². The largest absolute Gasteiger partial charge is 0.480 e. The summed E-state index contributed by atoms with van der Waals surface area (Å²) in [7, 11) is 1.75. The standard InChI is InChI=1S/C16H23FN2O2/c1-4-8-18-11(2)13-6-5-12(10-14(13)17)21-15-7-9-19(3)16(15)20/h5-6,10-11,15,18H,4,7-9H2,1-3H3. The zero-order valence-electron chi connectivity index (χ0n) is 12.9. The van der Waals surface area contributed by atoms with Gasteiger partial charge in [0.15, 0.2) is 6.10 Å². The molecule has 0 aliphatic carbocycles. The van der Waals surface area contributed by atoms with Gasteiger partial charge in [0.25, 0.3) is 5.91 Å². The van der Waals surface area contributed by atoms with Crippen LogP contribution in [0.1, 0.15) is 38.3 Å². The Morgan fingerprint density at radius 2 is 2.29 bits per heavy atom. The van der Waals surface area contributed by atoms with E-state index in [0.717, 1.165) is 13.0 Å². The minimum atomic E-state index is -0.490. The van der Waals surface area contributed by atoms with E-state index < -0.39 is 6.10 Å². The Hall–Kier alpha value is -1.62. The third-order valence-electron chi connectivity index (χ3n) is 3.80. The van der Waals surface area contributed by atoms with E-state index in [9.17, 15) is 9.18 Å². The van der Waals surface area contributed by atoms with Crippen molar-refractivity contribution in [3.05, 3.63) is 29.6 Å².